The number of methoxy groups -OCH3 is 1. The van der Waals surface area contributed by atoms with Gasteiger partial charge in [0.1, 0.15) is 0 Å². The predicted molar refractivity (Wildman–Crippen MR) is 140 cm³/mol. The first-order valence-corrected chi connectivity index (χ1v) is 13.3. The summed E-state index contributed by atoms with van der Waals surface area (Å²) in [6.45, 7) is 2.25. The Kier molecular flexibility index (Phi) is 13.0. The summed E-state index contributed by atoms with van der Waals surface area (Å²) < 4.78 is 5.05. The first kappa shape index (κ1) is 27.3. The van der Waals surface area contributed by atoms with Gasteiger partial charge < -0.3 is 15.6 Å². The van der Waals surface area contributed by atoms with Gasteiger partial charge in [-0.1, -0.05) is 69.7 Å². The highest BCUT2D eigenvalue weighted by molar-refractivity contribution is 7.99. The van der Waals surface area contributed by atoms with Crippen molar-refractivity contribution in [2.75, 3.05) is 18.6 Å². The number of anilines is 1. The molecule has 5 heteroatoms. The van der Waals surface area contributed by atoms with Crippen LogP contribution in [0, 0.1) is 0 Å². The third kappa shape index (κ3) is 10.7. The number of thioether (sulfide) groups is 1. The fourth-order valence-corrected chi connectivity index (χ4v) is 4.84. The van der Waals surface area contributed by atoms with Crippen molar-refractivity contribution in [1.29, 1.82) is 0 Å². The summed E-state index contributed by atoms with van der Waals surface area (Å²) in [5, 5.41) is 10.5. The van der Waals surface area contributed by atoms with Crippen LogP contribution < -0.4 is 5.73 Å². The van der Waals surface area contributed by atoms with Crippen molar-refractivity contribution in [2.45, 2.75) is 88.0 Å². The van der Waals surface area contributed by atoms with Crippen molar-refractivity contribution >= 4 is 23.4 Å². The van der Waals surface area contributed by atoms with Crippen LogP contribution in [-0.2, 0) is 16.0 Å². The zero-order chi connectivity index (χ0) is 23.9. The summed E-state index contributed by atoms with van der Waals surface area (Å²) in [4.78, 5) is 13.5. The van der Waals surface area contributed by atoms with E-state index < -0.39 is 6.10 Å². The molecule has 182 valence electrons. The van der Waals surface area contributed by atoms with Crippen LogP contribution in [0.5, 0.6) is 0 Å². The number of ether oxygens (including phenoxy) is 1. The summed E-state index contributed by atoms with van der Waals surface area (Å²) in [5.74, 6) is -0.0122. The van der Waals surface area contributed by atoms with E-state index >= 15 is 0 Å². The molecule has 2 aromatic carbocycles. The quantitative estimate of drug-likeness (QED) is 0.123. The number of carbonyl (C=O) groups is 1. The van der Waals surface area contributed by atoms with Gasteiger partial charge in [0.15, 0.2) is 0 Å². The number of rotatable bonds is 16. The van der Waals surface area contributed by atoms with E-state index in [4.69, 9.17) is 10.5 Å². The molecule has 0 radical (unpaired) electrons. The van der Waals surface area contributed by atoms with Crippen LogP contribution in [-0.4, -0.2) is 30.0 Å². The van der Waals surface area contributed by atoms with Gasteiger partial charge in [-0.3, -0.25) is 4.79 Å². The number of aryl methyl sites for hydroxylation is 1. The van der Waals surface area contributed by atoms with Gasteiger partial charge in [-0.15, -0.1) is 11.8 Å². The average Bonchev–Trinajstić information content (AvgIpc) is 2.83. The molecule has 0 aliphatic heterocycles. The monoisotopic (exact) mass is 471 g/mol. The standard InChI is InChI=1S/C28H41NO3S/c1-3-4-5-6-7-8-9-10-22-11-13-23(14-12-22)27(28(31)32-2)20-17-25(30)21-33-26-18-15-24(29)16-19-26/h11-16,18-19,25,27,30H,3-10,17,20-21,29H2,1-2H3. The van der Waals surface area contributed by atoms with Crippen molar-refractivity contribution in [3.63, 3.8) is 0 Å². The smallest absolute Gasteiger partial charge is 0.313 e. The van der Waals surface area contributed by atoms with Gasteiger partial charge in [0.25, 0.3) is 0 Å². The summed E-state index contributed by atoms with van der Waals surface area (Å²) in [5.41, 5.74) is 8.73. The number of benzene rings is 2. The number of aliphatic hydroxyl groups excluding tert-OH is 1. The van der Waals surface area contributed by atoms with Crippen LogP contribution in [0.4, 0.5) is 5.69 Å². The zero-order valence-corrected chi connectivity index (χ0v) is 21.1. The first-order valence-electron chi connectivity index (χ1n) is 12.4. The maximum Gasteiger partial charge on any atom is 0.313 e. The highest BCUT2D eigenvalue weighted by atomic mass is 32.2. The molecule has 4 nitrogen and oxygen atoms in total. The second-order valence-electron chi connectivity index (χ2n) is 8.80. The minimum atomic E-state index is -0.490. The van der Waals surface area contributed by atoms with E-state index in [2.05, 4.69) is 19.1 Å². The van der Waals surface area contributed by atoms with E-state index in [9.17, 15) is 9.90 Å². The molecule has 0 spiro atoms. The minimum Gasteiger partial charge on any atom is -0.469 e. The molecule has 0 fully saturated rings. The third-order valence-corrected chi connectivity index (χ3v) is 7.20. The molecule has 0 amide bonds. The van der Waals surface area contributed by atoms with Crippen LogP contribution in [0.3, 0.4) is 0 Å². The average molecular weight is 472 g/mol. The highest BCUT2D eigenvalue weighted by Crippen LogP contribution is 2.27. The molecule has 2 aromatic rings. The minimum absolute atomic E-state index is 0.242. The van der Waals surface area contributed by atoms with Crippen LogP contribution in [0.15, 0.2) is 53.4 Å². The van der Waals surface area contributed by atoms with E-state index in [0.717, 1.165) is 22.6 Å². The lowest BCUT2D eigenvalue weighted by Gasteiger charge is -2.18. The molecule has 2 rings (SSSR count). The molecule has 3 N–H and O–H groups in total. The van der Waals surface area contributed by atoms with Crippen LogP contribution in [0.25, 0.3) is 0 Å². The van der Waals surface area contributed by atoms with Crippen molar-refractivity contribution in [2.24, 2.45) is 0 Å². The Morgan fingerprint density at radius 1 is 0.939 bits per heavy atom. The number of nitrogens with two attached hydrogens (primary N) is 1. The van der Waals surface area contributed by atoms with Crippen molar-refractivity contribution in [1.82, 2.24) is 0 Å². The second-order valence-corrected chi connectivity index (χ2v) is 9.89. The van der Waals surface area contributed by atoms with E-state index in [1.807, 2.05) is 36.4 Å². The lowest BCUT2D eigenvalue weighted by Crippen LogP contribution is -2.18. The Bertz CT molecular complexity index is 792. The molecular weight excluding hydrogens is 430 g/mol. The summed E-state index contributed by atoms with van der Waals surface area (Å²) >= 11 is 1.59. The summed E-state index contributed by atoms with van der Waals surface area (Å²) in [6, 6.07) is 16.0. The molecular formula is C28H41NO3S. The lowest BCUT2D eigenvalue weighted by atomic mass is 9.92. The van der Waals surface area contributed by atoms with Gasteiger partial charge in [-0.05, 0) is 61.1 Å². The van der Waals surface area contributed by atoms with Gasteiger partial charge in [0.05, 0.1) is 19.1 Å². The molecule has 0 heterocycles. The Balaban J connectivity index is 1.79. The summed E-state index contributed by atoms with van der Waals surface area (Å²) in [7, 11) is 1.43. The second kappa shape index (κ2) is 15.8. The van der Waals surface area contributed by atoms with Gasteiger partial charge in [-0.2, -0.15) is 0 Å². The van der Waals surface area contributed by atoms with Crippen molar-refractivity contribution in [3.05, 3.63) is 59.7 Å². The fourth-order valence-electron chi connectivity index (χ4n) is 3.96. The maximum absolute atomic E-state index is 12.4. The summed E-state index contributed by atoms with van der Waals surface area (Å²) in [6.07, 6.45) is 10.9. The van der Waals surface area contributed by atoms with Crippen LogP contribution in [0.1, 0.15) is 81.8 Å². The molecule has 0 aromatic heterocycles. The Morgan fingerprint density at radius 2 is 1.58 bits per heavy atom. The maximum atomic E-state index is 12.4. The molecule has 0 aliphatic carbocycles. The predicted octanol–water partition coefficient (Wildman–Crippen LogP) is 6.75. The van der Waals surface area contributed by atoms with E-state index in [-0.39, 0.29) is 11.9 Å². The van der Waals surface area contributed by atoms with Gasteiger partial charge in [0.2, 0.25) is 0 Å². The van der Waals surface area contributed by atoms with Crippen molar-refractivity contribution < 1.29 is 14.6 Å². The molecule has 2 atom stereocenters. The molecule has 0 aliphatic rings. The van der Waals surface area contributed by atoms with E-state index in [0.29, 0.717) is 18.6 Å². The molecule has 2 unspecified atom stereocenters. The third-order valence-electron chi connectivity index (χ3n) is 6.05. The number of hydrogen-bond donors (Lipinski definition) is 2. The largest absolute Gasteiger partial charge is 0.469 e. The molecule has 0 saturated heterocycles. The number of hydrogen-bond acceptors (Lipinski definition) is 5. The van der Waals surface area contributed by atoms with Crippen molar-refractivity contribution in [3.8, 4) is 0 Å². The zero-order valence-electron chi connectivity index (χ0n) is 20.3. The normalized spacial score (nSPS) is 12.9. The lowest BCUT2D eigenvalue weighted by molar-refractivity contribution is -0.142. The SMILES string of the molecule is CCCCCCCCCc1ccc(C(CCC(O)CSc2ccc(N)cc2)C(=O)OC)cc1. The Labute approximate surface area is 204 Å². The van der Waals surface area contributed by atoms with Crippen LogP contribution in [0.2, 0.25) is 0 Å². The molecule has 0 bridgehead atoms. The topological polar surface area (TPSA) is 72.5 Å². The first-order chi connectivity index (χ1) is 16.0. The fraction of sp³-hybridized carbons (Fsp3) is 0.536. The van der Waals surface area contributed by atoms with Gasteiger partial charge in [0, 0.05) is 16.3 Å². The van der Waals surface area contributed by atoms with E-state index in [1.165, 1.54) is 57.6 Å². The number of nitrogen functional groups attached to an aromatic ring is 1. The highest BCUT2D eigenvalue weighted by Gasteiger charge is 2.22. The Hall–Kier alpha value is -1.98. The van der Waals surface area contributed by atoms with Gasteiger partial charge >= 0.3 is 5.97 Å². The number of esters is 1. The molecule has 0 saturated carbocycles. The number of unbranched alkanes of at least 4 members (excludes halogenated alkanes) is 6. The number of carbonyl (C=O) groups excluding carboxylic acids is 1. The van der Waals surface area contributed by atoms with Crippen LogP contribution >= 0.6 is 11.8 Å². The number of aliphatic hydroxyl groups is 1. The molecule has 33 heavy (non-hydrogen) atoms. The van der Waals surface area contributed by atoms with E-state index in [1.54, 1.807) is 11.8 Å². The Morgan fingerprint density at radius 3 is 2.21 bits per heavy atom. The van der Waals surface area contributed by atoms with Gasteiger partial charge in [-0.25, -0.2) is 0 Å².